The highest BCUT2D eigenvalue weighted by molar-refractivity contribution is 5.94. The van der Waals surface area contributed by atoms with Crippen LogP contribution in [0.2, 0.25) is 0 Å². The molecule has 100 valence electrons. The molecule has 1 aromatic carbocycles. The van der Waals surface area contributed by atoms with E-state index in [-0.39, 0.29) is 5.56 Å². The number of hydrogen-bond donors (Lipinski definition) is 1. The fourth-order valence-corrected chi connectivity index (χ4v) is 1.54. The second-order valence-corrected chi connectivity index (χ2v) is 3.79. The Balaban J connectivity index is 2.21. The third kappa shape index (κ3) is 3.12. The van der Waals surface area contributed by atoms with Crippen molar-refractivity contribution in [3.05, 3.63) is 54.6 Å². The number of aromatic nitrogens is 2. The first kappa shape index (κ1) is 13.1. The van der Waals surface area contributed by atoms with Crippen LogP contribution in [0.4, 0.5) is 13.2 Å². The highest BCUT2D eigenvalue weighted by Crippen LogP contribution is 2.28. The van der Waals surface area contributed by atoms with Crippen LogP contribution >= 0.6 is 0 Å². The summed E-state index contributed by atoms with van der Waals surface area (Å²) in [5, 5.41) is 1.93. The molecule has 0 fully saturated rings. The second kappa shape index (κ2) is 5.13. The van der Waals surface area contributed by atoms with Gasteiger partial charge in [0.15, 0.2) is 0 Å². The van der Waals surface area contributed by atoms with E-state index in [9.17, 15) is 18.0 Å². The first-order valence-electron chi connectivity index (χ1n) is 5.38. The van der Waals surface area contributed by atoms with Crippen LogP contribution in [0.3, 0.4) is 0 Å². The fourth-order valence-electron chi connectivity index (χ4n) is 1.54. The van der Waals surface area contributed by atoms with E-state index in [2.05, 4.69) is 4.98 Å². The van der Waals surface area contributed by atoms with E-state index in [1.807, 2.05) is 5.32 Å². The summed E-state index contributed by atoms with van der Waals surface area (Å²) >= 11 is 0. The monoisotopic (exact) mass is 269 g/mol. The largest absolute Gasteiger partial charge is 0.427 e. The number of hydrogen-bond acceptors (Lipinski definition) is 2. The molecule has 0 aliphatic heterocycles. The molecule has 0 radical (unpaired) electrons. The molecule has 0 aliphatic carbocycles. The number of benzene rings is 1. The maximum Gasteiger partial charge on any atom is 0.427 e. The van der Waals surface area contributed by atoms with Crippen molar-refractivity contribution in [3.8, 4) is 0 Å². The van der Waals surface area contributed by atoms with E-state index in [4.69, 9.17) is 0 Å². The van der Waals surface area contributed by atoms with Gasteiger partial charge in [-0.05, 0) is 12.1 Å². The maximum atomic E-state index is 12.9. The molecule has 2 rings (SSSR count). The van der Waals surface area contributed by atoms with Crippen molar-refractivity contribution in [1.82, 2.24) is 14.9 Å². The molecule has 0 spiro atoms. The molecule has 1 amide bonds. The Hall–Kier alpha value is -2.31. The zero-order valence-electron chi connectivity index (χ0n) is 9.63. The third-order valence-corrected chi connectivity index (χ3v) is 2.44. The number of halogens is 3. The van der Waals surface area contributed by atoms with Crippen molar-refractivity contribution in [2.75, 3.05) is 0 Å². The number of carbonyl (C=O) groups is 1. The lowest BCUT2D eigenvalue weighted by Gasteiger charge is -2.22. The number of imidazole rings is 1. The van der Waals surface area contributed by atoms with Gasteiger partial charge >= 0.3 is 6.18 Å². The Labute approximate surface area is 106 Å². The van der Waals surface area contributed by atoms with E-state index in [0.29, 0.717) is 0 Å². The minimum atomic E-state index is -4.61. The first-order chi connectivity index (χ1) is 8.98. The van der Waals surface area contributed by atoms with Gasteiger partial charge in [-0.25, -0.2) is 4.98 Å². The molecule has 2 aromatic rings. The molecule has 7 heteroatoms. The summed E-state index contributed by atoms with van der Waals surface area (Å²) in [6.07, 6.45) is -3.38. The standard InChI is InChI=1S/C12H10F3N3O/c13-12(14,15)11(18-7-6-16-8-18)17-10(19)9-4-2-1-3-5-9/h1-8,11H,(H,17,19). The molecule has 19 heavy (non-hydrogen) atoms. The summed E-state index contributed by atoms with van der Waals surface area (Å²) in [6, 6.07) is 7.71. The van der Waals surface area contributed by atoms with Crippen LogP contribution in [-0.2, 0) is 0 Å². The SMILES string of the molecule is O=C(NC(n1ccnc1)C(F)(F)F)c1ccccc1. The summed E-state index contributed by atoms with van der Waals surface area (Å²) in [5.74, 6) is -0.795. The Bertz CT molecular complexity index is 537. The van der Waals surface area contributed by atoms with Crippen LogP contribution in [0.15, 0.2) is 49.1 Å². The van der Waals surface area contributed by atoms with Crippen LogP contribution in [0.5, 0.6) is 0 Å². The van der Waals surface area contributed by atoms with E-state index in [0.717, 1.165) is 17.1 Å². The van der Waals surface area contributed by atoms with Crippen LogP contribution in [0.25, 0.3) is 0 Å². The molecule has 1 atom stereocenters. The van der Waals surface area contributed by atoms with Crippen molar-refractivity contribution in [2.45, 2.75) is 12.3 Å². The van der Waals surface area contributed by atoms with Gasteiger partial charge < -0.3 is 9.88 Å². The average molecular weight is 269 g/mol. The molecule has 0 saturated carbocycles. The number of nitrogens with one attached hydrogen (secondary N) is 1. The zero-order chi connectivity index (χ0) is 13.9. The lowest BCUT2D eigenvalue weighted by molar-refractivity contribution is -0.173. The van der Waals surface area contributed by atoms with Gasteiger partial charge in [-0.2, -0.15) is 13.2 Å². The Morgan fingerprint density at radius 2 is 1.95 bits per heavy atom. The fraction of sp³-hybridized carbons (Fsp3) is 0.167. The number of carbonyl (C=O) groups excluding carboxylic acids is 1. The summed E-state index contributed by atoms with van der Waals surface area (Å²) < 4.78 is 39.5. The predicted octanol–water partition coefficient (Wildman–Crippen LogP) is 2.37. The number of nitrogens with zero attached hydrogens (tertiary/aromatic N) is 2. The average Bonchev–Trinajstić information content (AvgIpc) is 2.88. The van der Waals surface area contributed by atoms with Gasteiger partial charge in [-0.15, -0.1) is 0 Å². The quantitative estimate of drug-likeness (QED) is 0.929. The zero-order valence-corrected chi connectivity index (χ0v) is 9.63. The summed E-state index contributed by atoms with van der Waals surface area (Å²) in [6.45, 7) is 0. The molecule has 0 saturated heterocycles. The van der Waals surface area contributed by atoms with E-state index in [1.165, 1.54) is 18.3 Å². The van der Waals surface area contributed by atoms with Gasteiger partial charge in [0.2, 0.25) is 6.17 Å². The van der Waals surface area contributed by atoms with Crippen molar-refractivity contribution < 1.29 is 18.0 Å². The Morgan fingerprint density at radius 3 is 2.47 bits per heavy atom. The molecule has 0 bridgehead atoms. The van der Waals surface area contributed by atoms with Gasteiger partial charge in [0, 0.05) is 18.0 Å². The Kier molecular flexibility index (Phi) is 3.55. The van der Waals surface area contributed by atoms with E-state index < -0.39 is 18.2 Å². The predicted molar refractivity (Wildman–Crippen MR) is 61.2 cm³/mol. The van der Waals surface area contributed by atoms with E-state index in [1.54, 1.807) is 18.2 Å². The second-order valence-electron chi connectivity index (χ2n) is 3.79. The smallest absolute Gasteiger partial charge is 0.324 e. The Morgan fingerprint density at radius 1 is 1.26 bits per heavy atom. The van der Waals surface area contributed by atoms with E-state index >= 15 is 0 Å². The van der Waals surface area contributed by atoms with Gasteiger partial charge in [0.05, 0.1) is 6.33 Å². The highest BCUT2D eigenvalue weighted by Gasteiger charge is 2.42. The molecular formula is C12H10F3N3O. The molecular weight excluding hydrogens is 259 g/mol. The molecule has 1 aromatic heterocycles. The first-order valence-corrected chi connectivity index (χ1v) is 5.38. The normalized spacial score (nSPS) is 13.0. The number of rotatable bonds is 3. The van der Waals surface area contributed by atoms with Gasteiger partial charge in [-0.3, -0.25) is 4.79 Å². The number of alkyl halides is 3. The van der Waals surface area contributed by atoms with Crippen LogP contribution < -0.4 is 5.32 Å². The molecule has 0 aliphatic rings. The van der Waals surface area contributed by atoms with Gasteiger partial charge in [-0.1, -0.05) is 18.2 Å². The highest BCUT2D eigenvalue weighted by atomic mass is 19.4. The van der Waals surface area contributed by atoms with Crippen molar-refractivity contribution in [1.29, 1.82) is 0 Å². The van der Waals surface area contributed by atoms with Crippen LogP contribution in [0.1, 0.15) is 16.5 Å². The maximum absolute atomic E-state index is 12.9. The van der Waals surface area contributed by atoms with Gasteiger partial charge in [0.1, 0.15) is 0 Å². The topological polar surface area (TPSA) is 46.9 Å². The molecule has 1 N–H and O–H groups in total. The third-order valence-electron chi connectivity index (χ3n) is 2.44. The van der Waals surface area contributed by atoms with Crippen LogP contribution in [-0.4, -0.2) is 21.6 Å². The minimum absolute atomic E-state index is 0.164. The van der Waals surface area contributed by atoms with Crippen LogP contribution in [0, 0.1) is 0 Å². The summed E-state index contributed by atoms with van der Waals surface area (Å²) in [7, 11) is 0. The van der Waals surface area contributed by atoms with Gasteiger partial charge in [0.25, 0.3) is 5.91 Å². The van der Waals surface area contributed by atoms with Crippen molar-refractivity contribution >= 4 is 5.91 Å². The number of amides is 1. The molecule has 1 heterocycles. The lowest BCUT2D eigenvalue weighted by atomic mass is 10.2. The lowest BCUT2D eigenvalue weighted by Crippen LogP contribution is -2.41. The molecule has 4 nitrogen and oxygen atoms in total. The van der Waals surface area contributed by atoms with Crippen molar-refractivity contribution in [3.63, 3.8) is 0 Å². The summed E-state index contributed by atoms with van der Waals surface area (Å²) in [4.78, 5) is 15.3. The summed E-state index contributed by atoms with van der Waals surface area (Å²) in [5.41, 5.74) is 0.164. The minimum Gasteiger partial charge on any atom is -0.324 e. The van der Waals surface area contributed by atoms with Crippen molar-refractivity contribution in [2.24, 2.45) is 0 Å². The molecule has 1 unspecified atom stereocenters.